The molecule has 0 spiro atoms. The van der Waals surface area contributed by atoms with E-state index in [0.717, 1.165) is 43.0 Å². The van der Waals surface area contributed by atoms with Crippen molar-refractivity contribution in [2.24, 2.45) is 0 Å². The van der Waals surface area contributed by atoms with E-state index in [2.05, 4.69) is 24.7 Å². The number of hydrogen-bond acceptors (Lipinski definition) is 6. The predicted molar refractivity (Wildman–Crippen MR) is 105 cm³/mol. The number of rotatable bonds is 6. The highest BCUT2D eigenvalue weighted by atomic mass is 35.5. The first-order valence-corrected chi connectivity index (χ1v) is 9.74. The van der Waals surface area contributed by atoms with Gasteiger partial charge in [0, 0.05) is 36.1 Å². The fraction of sp³-hybridized carbons (Fsp3) is 0.400. The van der Waals surface area contributed by atoms with Gasteiger partial charge in [0.1, 0.15) is 18.5 Å². The van der Waals surface area contributed by atoms with E-state index in [-0.39, 0.29) is 6.10 Å². The number of nitrogens with zero attached hydrogens (tertiary/aromatic N) is 5. The maximum Gasteiger partial charge on any atom is 0.232 e. The van der Waals surface area contributed by atoms with Gasteiger partial charge in [0.2, 0.25) is 5.88 Å². The second-order valence-corrected chi connectivity index (χ2v) is 7.29. The topological polar surface area (TPSA) is 75.0 Å². The molecular formula is C20H22ClN5O2. The largest absolute Gasteiger partial charge is 0.473 e. The second-order valence-electron chi connectivity index (χ2n) is 6.85. The van der Waals surface area contributed by atoms with Crippen molar-refractivity contribution in [3.63, 3.8) is 0 Å². The minimum Gasteiger partial charge on any atom is -0.473 e. The molecule has 1 aliphatic rings. The summed E-state index contributed by atoms with van der Waals surface area (Å²) >= 11 is 6.06. The smallest absolute Gasteiger partial charge is 0.232 e. The van der Waals surface area contributed by atoms with Crippen molar-refractivity contribution in [2.75, 3.05) is 7.11 Å². The third kappa shape index (κ3) is 4.15. The van der Waals surface area contributed by atoms with Crippen LogP contribution in [0.4, 0.5) is 0 Å². The number of methoxy groups -OCH3 is 1. The van der Waals surface area contributed by atoms with Crippen molar-refractivity contribution in [1.82, 2.24) is 24.7 Å². The first-order valence-electron chi connectivity index (χ1n) is 9.36. The molecule has 0 unspecified atom stereocenters. The standard InChI is InChI=1S/C20H22ClN5O2/c1-27-13-18-24-25-20(26(18)16-6-4-15(21)5-7-16)14-2-8-17(9-3-14)28-19-12-22-10-11-23-19/h4-7,10-12,14,17H,2-3,8-9,13H2,1H3/t14-,17-. The fourth-order valence-electron chi connectivity index (χ4n) is 3.64. The van der Waals surface area contributed by atoms with Crippen LogP contribution in [0.5, 0.6) is 5.88 Å². The minimum absolute atomic E-state index is 0.151. The lowest BCUT2D eigenvalue weighted by molar-refractivity contribution is 0.138. The van der Waals surface area contributed by atoms with Crippen LogP contribution in [0.1, 0.15) is 43.3 Å². The molecule has 1 aromatic carbocycles. The van der Waals surface area contributed by atoms with Crippen LogP contribution in [-0.2, 0) is 11.3 Å². The lowest BCUT2D eigenvalue weighted by Crippen LogP contribution is -2.25. The molecule has 0 radical (unpaired) electrons. The van der Waals surface area contributed by atoms with Crippen LogP contribution < -0.4 is 4.74 Å². The highest BCUT2D eigenvalue weighted by molar-refractivity contribution is 6.30. The van der Waals surface area contributed by atoms with Crippen molar-refractivity contribution in [3.8, 4) is 11.6 Å². The summed E-state index contributed by atoms with van der Waals surface area (Å²) in [5.74, 6) is 2.65. The second kappa shape index (κ2) is 8.67. The van der Waals surface area contributed by atoms with Gasteiger partial charge in [-0.3, -0.25) is 9.55 Å². The van der Waals surface area contributed by atoms with Gasteiger partial charge < -0.3 is 9.47 Å². The molecule has 0 aliphatic heterocycles. The van der Waals surface area contributed by atoms with Gasteiger partial charge in [0.15, 0.2) is 5.82 Å². The maximum atomic E-state index is 6.06. The van der Waals surface area contributed by atoms with E-state index in [0.29, 0.717) is 23.4 Å². The summed E-state index contributed by atoms with van der Waals surface area (Å²) in [6.45, 7) is 0.404. The average Bonchev–Trinajstić information content (AvgIpc) is 3.14. The van der Waals surface area contributed by atoms with Crippen LogP contribution in [-0.4, -0.2) is 37.9 Å². The van der Waals surface area contributed by atoms with Crippen molar-refractivity contribution >= 4 is 11.6 Å². The molecule has 2 aromatic heterocycles. The minimum atomic E-state index is 0.151. The summed E-state index contributed by atoms with van der Waals surface area (Å²) in [6.07, 6.45) is 8.92. The van der Waals surface area contributed by atoms with Crippen LogP contribution in [0, 0.1) is 0 Å². The van der Waals surface area contributed by atoms with Gasteiger partial charge in [-0.05, 0) is 49.9 Å². The van der Waals surface area contributed by atoms with E-state index in [1.165, 1.54) is 0 Å². The molecule has 8 heteroatoms. The molecule has 0 amide bonds. The highest BCUT2D eigenvalue weighted by Gasteiger charge is 2.29. The zero-order valence-corrected chi connectivity index (χ0v) is 16.4. The number of benzene rings is 1. The van der Waals surface area contributed by atoms with Crippen molar-refractivity contribution in [2.45, 2.75) is 44.3 Å². The Morgan fingerprint density at radius 1 is 1.07 bits per heavy atom. The number of hydrogen-bond donors (Lipinski definition) is 0. The lowest BCUT2D eigenvalue weighted by atomic mass is 9.86. The number of ether oxygens (including phenoxy) is 2. The van der Waals surface area contributed by atoms with Crippen molar-refractivity contribution in [3.05, 3.63) is 59.5 Å². The van der Waals surface area contributed by atoms with Gasteiger partial charge in [-0.15, -0.1) is 10.2 Å². The quantitative estimate of drug-likeness (QED) is 0.624. The SMILES string of the molecule is COCc1nnc([C@H]2CC[C@H](Oc3cnccn3)CC2)n1-c1ccc(Cl)cc1. The molecule has 7 nitrogen and oxygen atoms in total. The van der Waals surface area contributed by atoms with Gasteiger partial charge in [-0.2, -0.15) is 0 Å². The molecule has 0 N–H and O–H groups in total. The molecule has 4 rings (SSSR count). The van der Waals surface area contributed by atoms with Crippen LogP contribution >= 0.6 is 11.6 Å². The molecule has 0 bridgehead atoms. The zero-order chi connectivity index (χ0) is 19.3. The first kappa shape index (κ1) is 18.8. The first-order chi connectivity index (χ1) is 13.7. The molecule has 0 atom stereocenters. The lowest BCUT2D eigenvalue weighted by Gasteiger charge is -2.28. The van der Waals surface area contributed by atoms with E-state index in [1.54, 1.807) is 25.7 Å². The number of aromatic nitrogens is 5. The van der Waals surface area contributed by atoms with Crippen molar-refractivity contribution in [1.29, 1.82) is 0 Å². The Morgan fingerprint density at radius 3 is 2.54 bits per heavy atom. The Bertz CT molecular complexity index is 893. The normalized spacial score (nSPS) is 19.5. The molecule has 1 fully saturated rings. The summed E-state index contributed by atoms with van der Waals surface area (Å²) in [7, 11) is 1.66. The van der Waals surface area contributed by atoms with Gasteiger partial charge in [0.25, 0.3) is 0 Å². The van der Waals surface area contributed by atoms with Gasteiger partial charge in [-0.1, -0.05) is 11.6 Å². The van der Waals surface area contributed by atoms with Crippen LogP contribution in [0.2, 0.25) is 5.02 Å². The summed E-state index contributed by atoms with van der Waals surface area (Å²) < 4.78 is 13.4. The number of halogens is 1. The van der Waals surface area contributed by atoms with E-state index in [9.17, 15) is 0 Å². The Kier molecular flexibility index (Phi) is 5.83. The van der Waals surface area contributed by atoms with Crippen LogP contribution in [0.25, 0.3) is 5.69 Å². The Labute approximate surface area is 168 Å². The average molecular weight is 400 g/mol. The molecule has 146 valence electrons. The van der Waals surface area contributed by atoms with Gasteiger partial charge in [-0.25, -0.2) is 4.98 Å². The van der Waals surface area contributed by atoms with Gasteiger partial charge in [0.05, 0.1) is 6.20 Å². The summed E-state index contributed by atoms with van der Waals surface area (Å²) in [5.41, 5.74) is 0.995. The van der Waals surface area contributed by atoms with Gasteiger partial charge >= 0.3 is 0 Å². The highest BCUT2D eigenvalue weighted by Crippen LogP contribution is 2.35. The van der Waals surface area contributed by atoms with Crippen LogP contribution in [0.3, 0.4) is 0 Å². The molecule has 1 aliphatic carbocycles. The molecule has 1 saturated carbocycles. The maximum absolute atomic E-state index is 6.06. The summed E-state index contributed by atoms with van der Waals surface area (Å²) in [6, 6.07) is 7.72. The van der Waals surface area contributed by atoms with E-state index in [1.807, 2.05) is 24.3 Å². The Hall–Kier alpha value is -2.51. The molecule has 3 aromatic rings. The Balaban J connectivity index is 1.51. The third-order valence-electron chi connectivity index (χ3n) is 4.98. The van der Waals surface area contributed by atoms with Crippen LogP contribution in [0.15, 0.2) is 42.9 Å². The summed E-state index contributed by atoms with van der Waals surface area (Å²) in [5, 5.41) is 9.58. The molecule has 0 saturated heterocycles. The molecule has 28 heavy (non-hydrogen) atoms. The van der Waals surface area contributed by atoms with E-state index in [4.69, 9.17) is 21.1 Å². The molecular weight excluding hydrogens is 378 g/mol. The predicted octanol–water partition coefficient (Wildman–Crippen LogP) is 3.96. The van der Waals surface area contributed by atoms with E-state index >= 15 is 0 Å². The van der Waals surface area contributed by atoms with Crippen molar-refractivity contribution < 1.29 is 9.47 Å². The Morgan fingerprint density at radius 2 is 1.86 bits per heavy atom. The fourth-order valence-corrected chi connectivity index (χ4v) is 3.77. The van der Waals surface area contributed by atoms with E-state index < -0.39 is 0 Å². The monoisotopic (exact) mass is 399 g/mol. The zero-order valence-electron chi connectivity index (χ0n) is 15.7. The third-order valence-corrected chi connectivity index (χ3v) is 5.23. The molecule has 2 heterocycles. The summed E-state index contributed by atoms with van der Waals surface area (Å²) in [4.78, 5) is 8.25.